The number of halogens is 1. The molecule has 0 aromatic heterocycles. The molecule has 0 saturated carbocycles. The number of rotatable bonds is 4. The average molecular weight is 244 g/mol. The zero-order valence-corrected chi connectivity index (χ0v) is 9.67. The van der Waals surface area contributed by atoms with Crippen molar-refractivity contribution in [3.8, 4) is 0 Å². The molecule has 5 nitrogen and oxygen atoms in total. The minimum absolute atomic E-state index is 0.255. The maximum absolute atomic E-state index is 11.3. The molecule has 0 fully saturated rings. The monoisotopic (exact) mass is 243 g/mol. The summed E-state index contributed by atoms with van der Waals surface area (Å²) in [6.45, 7) is 1.06. The van der Waals surface area contributed by atoms with Crippen LogP contribution in [0.25, 0.3) is 0 Å². The van der Waals surface area contributed by atoms with Crippen molar-refractivity contribution in [3.05, 3.63) is 22.7 Å². The predicted molar refractivity (Wildman–Crippen MR) is 64.7 cm³/mol. The Balaban J connectivity index is 3.02. The second-order valence-electron chi connectivity index (χ2n) is 3.13. The summed E-state index contributed by atoms with van der Waals surface area (Å²) in [7, 11) is 1.29. The zero-order valence-electron chi connectivity index (χ0n) is 8.92. The number of methoxy groups -OCH3 is 1. The number of nitrogen functional groups attached to an aromatic ring is 1. The molecule has 1 aromatic carbocycles. The van der Waals surface area contributed by atoms with E-state index >= 15 is 0 Å². The van der Waals surface area contributed by atoms with Crippen LogP contribution >= 0.6 is 11.6 Å². The molecule has 1 aromatic rings. The van der Waals surface area contributed by atoms with Crippen molar-refractivity contribution in [2.24, 2.45) is 5.73 Å². The fourth-order valence-electron chi connectivity index (χ4n) is 1.22. The molecule has 0 aliphatic carbocycles. The van der Waals surface area contributed by atoms with E-state index in [4.69, 9.17) is 23.1 Å². The van der Waals surface area contributed by atoms with Gasteiger partial charge in [0.1, 0.15) is 0 Å². The van der Waals surface area contributed by atoms with Crippen molar-refractivity contribution < 1.29 is 9.53 Å². The topological polar surface area (TPSA) is 90.4 Å². The third-order valence-corrected chi connectivity index (χ3v) is 2.32. The molecular formula is C10H14ClN3O2. The molecule has 0 aliphatic heterocycles. The van der Waals surface area contributed by atoms with E-state index in [0.29, 0.717) is 29.5 Å². The normalized spacial score (nSPS) is 9.94. The number of hydrogen-bond acceptors (Lipinski definition) is 5. The standard InChI is InChI=1S/C10H14ClN3O2/c1-16-10(15)6-4-7(11)9(5-8(6)13)14-3-2-12/h4-5,14H,2-3,12-13H2,1H3. The van der Waals surface area contributed by atoms with Gasteiger partial charge in [-0.05, 0) is 12.1 Å². The van der Waals surface area contributed by atoms with Crippen LogP contribution in [-0.2, 0) is 4.74 Å². The molecule has 0 unspecified atom stereocenters. The van der Waals surface area contributed by atoms with E-state index in [1.807, 2.05) is 0 Å². The molecule has 0 aliphatic rings. The highest BCUT2D eigenvalue weighted by Crippen LogP contribution is 2.28. The van der Waals surface area contributed by atoms with Gasteiger partial charge < -0.3 is 21.5 Å². The average Bonchev–Trinajstić information content (AvgIpc) is 2.28. The van der Waals surface area contributed by atoms with Crippen LogP contribution in [-0.4, -0.2) is 26.2 Å². The second-order valence-corrected chi connectivity index (χ2v) is 3.53. The van der Waals surface area contributed by atoms with Gasteiger partial charge >= 0.3 is 5.97 Å². The van der Waals surface area contributed by atoms with E-state index in [0.717, 1.165) is 0 Å². The Morgan fingerprint density at radius 2 is 2.25 bits per heavy atom. The number of hydrogen-bond donors (Lipinski definition) is 3. The molecule has 5 N–H and O–H groups in total. The van der Waals surface area contributed by atoms with E-state index < -0.39 is 5.97 Å². The summed E-state index contributed by atoms with van der Waals surface area (Å²) in [5.41, 5.74) is 12.3. The number of carbonyl (C=O) groups is 1. The lowest BCUT2D eigenvalue weighted by molar-refractivity contribution is 0.0602. The first-order chi connectivity index (χ1) is 7.60. The van der Waals surface area contributed by atoms with Crippen LogP contribution in [0, 0.1) is 0 Å². The lowest BCUT2D eigenvalue weighted by atomic mass is 10.1. The number of nitrogens with two attached hydrogens (primary N) is 2. The zero-order chi connectivity index (χ0) is 12.1. The second kappa shape index (κ2) is 5.58. The fraction of sp³-hybridized carbons (Fsp3) is 0.300. The first kappa shape index (κ1) is 12.6. The Morgan fingerprint density at radius 1 is 1.56 bits per heavy atom. The molecule has 88 valence electrons. The third-order valence-electron chi connectivity index (χ3n) is 2.00. The highest BCUT2D eigenvalue weighted by molar-refractivity contribution is 6.33. The molecule has 16 heavy (non-hydrogen) atoms. The van der Waals surface area contributed by atoms with Crippen molar-refractivity contribution in [1.29, 1.82) is 0 Å². The molecule has 0 spiro atoms. The summed E-state index contributed by atoms with van der Waals surface area (Å²) in [6, 6.07) is 3.06. The summed E-state index contributed by atoms with van der Waals surface area (Å²) in [5.74, 6) is -0.509. The van der Waals surface area contributed by atoms with E-state index in [9.17, 15) is 4.79 Å². The van der Waals surface area contributed by atoms with Gasteiger partial charge in [-0.15, -0.1) is 0 Å². The van der Waals surface area contributed by atoms with E-state index in [1.165, 1.54) is 13.2 Å². The van der Waals surface area contributed by atoms with Crippen molar-refractivity contribution in [1.82, 2.24) is 0 Å². The van der Waals surface area contributed by atoms with Gasteiger partial charge in [-0.1, -0.05) is 11.6 Å². The van der Waals surface area contributed by atoms with Gasteiger partial charge in [0.15, 0.2) is 0 Å². The molecule has 0 radical (unpaired) electrons. The number of ether oxygens (including phenoxy) is 1. The molecule has 0 heterocycles. The lowest BCUT2D eigenvalue weighted by Crippen LogP contribution is -2.14. The Morgan fingerprint density at radius 3 is 2.81 bits per heavy atom. The Bertz CT molecular complexity index is 396. The van der Waals surface area contributed by atoms with Crippen molar-refractivity contribution in [2.75, 3.05) is 31.2 Å². The minimum atomic E-state index is -0.509. The van der Waals surface area contributed by atoms with Crippen LogP contribution in [0.15, 0.2) is 12.1 Å². The molecular weight excluding hydrogens is 230 g/mol. The van der Waals surface area contributed by atoms with E-state index in [2.05, 4.69) is 10.1 Å². The van der Waals surface area contributed by atoms with Crippen LogP contribution in [0.2, 0.25) is 5.02 Å². The summed E-state index contributed by atoms with van der Waals surface area (Å²) < 4.78 is 4.58. The van der Waals surface area contributed by atoms with Gasteiger partial charge in [-0.25, -0.2) is 4.79 Å². The van der Waals surface area contributed by atoms with Crippen LogP contribution in [0.1, 0.15) is 10.4 Å². The first-order valence-corrected chi connectivity index (χ1v) is 5.09. The van der Waals surface area contributed by atoms with E-state index in [-0.39, 0.29) is 5.56 Å². The Labute approximate surface area is 98.7 Å². The van der Waals surface area contributed by atoms with Gasteiger partial charge in [0, 0.05) is 18.8 Å². The smallest absolute Gasteiger partial charge is 0.340 e. The number of nitrogens with one attached hydrogen (secondary N) is 1. The predicted octanol–water partition coefficient (Wildman–Crippen LogP) is 1.08. The van der Waals surface area contributed by atoms with E-state index in [1.54, 1.807) is 6.07 Å². The van der Waals surface area contributed by atoms with Gasteiger partial charge in [0.05, 0.1) is 23.4 Å². The van der Waals surface area contributed by atoms with Crippen LogP contribution in [0.4, 0.5) is 11.4 Å². The molecule has 0 saturated heterocycles. The number of benzene rings is 1. The molecule has 1 rings (SSSR count). The van der Waals surface area contributed by atoms with Crippen LogP contribution in [0.3, 0.4) is 0 Å². The third kappa shape index (κ3) is 2.77. The SMILES string of the molecule is COC(=O)c1cc(Cl)c(NCCN)cc1N. The highest BCUT2D eigenvalue weighted by atomic mass is 35.5. The summed E-state index contributed by atoms with van der Waals surface area (Å²) >= 11 is 5.97. The quantitative estimate of drug-likeness (QED) is 0.544. The van der Waals surface area contributed by atoms with Crippen molar-refractivity contribution in [2.45, 2.75) is 0 Å². The van der Waals surface area contributed by atoms with Crippen LogP contribution in [0.5, 0.6) is 0 Å². The number of esters is 1. The summed E-state index contributed by atoms with van der Waals surface area (Å²) in [4.78, 5) is 11.3. The molecule has 0 bridgehead atoms. The lowest BCUT2D eigenvalue weighted by Gasteiger charge is -2.10. The number of anilines is 2. The minimum Gasteiger partial charge on any atom is -0.465 e. The Hall–Kier alpha value is -1.46. The summed E-state index contributed by atoms with van der Waals surface area (Å²) in [6.07, 6.45) is 0. The van der Waals surface area contributed by atoms with Gasteiger partial charge in [0.25, 0.3) is 0 Å². The molecule has 6 heteroatoms. The molecule has 0 atom stereocenters. The van der Waals surface area contributed by atoms with Gasteiger partial charge in [-0.2, -0.15) is 0 Å². The largest absolute Gasteiger partial charge is 0.465 e. The van der Waals surface area contributed by atoms with Crippen molar-refractivity contribution >= 4 is 28.9 Å². The number of carbonyl (C=O) groups excluding carboxylic acids is 1. The maximum Gasteiger partial charge on any atom is 0.340 e. The first-order valence-electron chi connectivity index (χ1n) is 4.71. The Kier molecular flexibility index (Phi) is 4.39. The molecule has 0 amide bonds. The fourth-order valence-corrected chi connectivity index (χ4v) is 1.45. The van der Waals surface area contributed by atoms with Crippen LogP contribution < -0.4 is 16.8 Å². The maximum atomic E-state index is 11.3. The summed E-state index contributed by atoms with van der Waals surface area (Å²) in [5, 5.41) is 3.40. The van der Waals surface area contributed by atoms with Gasteiger partial charge in [0.2, 0.25) is 0 Å². The highest BCUT2D eigenvalue weighted by Gasteiger charge is 2.13. The van der Waals surface area contributed by atoms with Gasteiger partial charge in [-0.3, -0.25) is 0 Å². The van der Waals surface area contributed by atoms with Crippen molar-refractivity contribution in [3.63, 3.8) is 0 Å².